The molecule has 0 fully saturated rings. The molecule has 0 aliphatic carbocycles. The van der Waals surface area contributed by atoms with Gasteiger partial charge in [-0.2, -0.15) is 0 Å². The molecule has 1 aromatic heterocycles. The summed E-state index contributed by atoms with van der Waals surface area (Å²) in [5.41, 5.74) is 6.34. The molecule has 0 amide bonds. The number of para-hydroxylation sites is 2. The van der Waals surface area contributed by atoms with Gasteiger partial charge in [-0.05, 0) is 73.1 Å². The molecule has 0 radical (unpaired) electrons. The maximum Gasteiger partial charge on any atom is 0.119 e. The van der Waals surface area contributed by atoms with E-state index in [9.17, 15) is 0 Å². The van der Waals surface area contributed by atoms with Crippen LogP contribution >= 0.6 is 0 Å². The highest BCUT2D eigenvalue weighted by atomic mass is 16.5. The van der Waals surface area contributed by atoms with Crippen molar-refractivity contribution in [1.82, 2.24) is 9.55 Å². The molecule has 0 spiro atoms. The van der Waals surface area contributed by atoms with Crippen LogP contribution in [0.4, 0.5) is 0 Å². The zero-order valence-corrected chi connectivity index (χ0v) is 19.6. The average Bonchev–Trinajstić information content (AvgIpc) is 3.17. The first-order valence-electron chi connectivity index (χ1n) is 11.9. The third kappa shape index (κ3) is 5.21. The Morgan fingerprint density at radius 2 is 1.66 bits per heavy atom. The van der Waals surface area contributed by atoms with Crippen LogP contribution in [0.1, 0.15) is 61.5 Å². The average molecular weight is 427 g/mol. The van der Waals surface area contributed by atoms with Crippen LogP contribution in [0.3, 0.4) is 0 Å². The SMILES string of the molecule is CCC(C)c1ccc(OCCCCn2c(Cc3ccccc3C)nc3ccccc32)cc1. The van der Waals surface area contributed by atoms with E-state index in [1.54, 1.807) is 0 Å². The molecular weight excluding hydrogens is 392 g/mol. The Hall–Kier alpha value is -3.07. The summed E-state index contributed by atoms with van der Waals surface area (Å²) < 4.78 is 8.39. The van der Waals surface area contributed by atoms with Gasteiger partial charge in [0.25, 0.3) is 0 Å². The number of fused-ring (bicyclic) bond motifs is 1. The van der Waals surface area contributed by atoms with Gasteiger partial charge in [-0.25, -0.2) is 4.98 Å². The Morgan fingerprint density at radius 1 is 0.906 bits per heavy atom. The van der Waals surface area contributed by atoms with Gasteiger partial charge in [0, 0.05) is 13.0 Å². The largest absolute Gasteiger partial charge is 0.494 e. The molecule has 1 atom stereocenters. The lowest BCUT2D eigenvalue weighted by molar-refractivity contribution is 0.303. The van der Waals surface area contributed by atoms with Crippen LogP contribution in [0.15, 0.2) is 72.8 Å². The van der Waals surface area contributed by atoms with Crippen molar-refractivity contribution >= 4 is 11.0 Å². The summed E-state index contributed by atoms with van der Waals surface area (Å²) in [6.07, 6.45) is 4.10. The summed E-state index contributed by atoms with van der Waals surface area (Å²) in [7, 11) is 0. The van der Waals surface area contributed by atoms with Gasteiger partial charge < -0.3 is 9.30 Å². The van der Waals surface area contributed by atoms with E-state index in [4.69, 9.17) is 9.72 Å². The Bertz CT molecular complexity index is 1140. The van der Waals surface area contributed by atoms with Gasteiger partial charge in [0.15, 0.2) is 0 Å². The first-order chi connectivity index (χ1) is 15.7. The Morgan fingerprint density at radius 3 is 2.44 bits per heavy atom. The number of imidazole rings is 1. The van der Waals surface area contributed by atoms with E-state index in [1.165, 1.54) is 22.2 Å². The molecule has 32 heavy (non-hydrogen) atoms. The summed E-state index contributed by atoms with van der Waals surface area (Å²) in [6.45, 7) is 8.36. The molecule has 3 nitrogen and oxygen atoms in total. The van der Waals surface area contributed by atoms with Crippen LogP contribution in [0, 0.1) is 6.92 Å². The normalized spacial score (nSPS) is 12.2. The smallest absolute Gasteiger partial charge is 0.119 e. The Balaban J connectivity index is 1.37. The minimum absolute atomic E-state index is 0.600. The molecular formula is C29H34N2O. The highest BCUT2D eigenvalue weighted by molar-refractivity contribution is 5.76. The maximum atomic E-state index is 6.00. The lowest BCUT2D eigenvalue weighted by Gasteiger charge is -2.12. The van der Waals surface area contributed by atoms with Crippen molar-refractivity contribution in [3.63, 3.8) is 0 Å². The van der Waals surface area contributed by atoms with Crippen LogP contribution in [-0.2, 0) is 13.0 Å². The van der Waals surface area contributed by atoms with Crippen LogP contribution in [0.25, 0.3) is 11.0 Å². The topological polar surface area (TPSA) is 27.1 Å². The quantitative estimate of drug-likeness (QED) is 0.249. The number of hydrogen-bond donors (Lipinski definition) is 0. The van der Waals surface area contributed by atoms with E-state index in [0.29, 0.717) is 5.92 Å². The Kier molecular flexibility index (Phi) is 7.26. The standard InChI is InChI=1S/C29H34N2O/c1-4-22(2)24-15-17-26(18-16-24)32-20-10-9-19-31-28-14-8-7-13-27(28)30-29(31)21-25-12-6-5-11-23(25)3/h5-8,11-18,22H,4,9-10,19-21H2,1-3H3. The van der Waals surface area contributed by atoms with Crippen LogP contribution in [-0.4, -0.2) is 16.2 Å². The fourth-order valence-electron chi connectivity index (χ4n) is 4.18. The molecule has 0 aliphatic heterocycles. The fourth-order valence-corrected chi connectivity index (χ4v) is 4.18. The first-order valence-corrected chi connectivity index (χ1v) is 11.9. The summed E-state index contributed by atoms with van der Waals surface area (Å²) in [6, 6.07) is 25.6. The van der Waals surface area contributed by atoms with Crippen molar-refractivity contribution in [1.29, 1.82) is 0 Å². The number of hydrogen-bond acceptors (Lipinski definition) is 2. The van der Waals surface area contributed by atoms with Crippen molar-refractivity contribution in [2.75, 3.05) is 6.61 Å². The lowest BCUT2D eigenvalue weighted by Crippen LogP contribution is -2.07. The van der Waals surface area contributed by atoms with Gasteiger partial charge in [-0.15, -0.1) is 0 Å². The summed E-state index contributed by atoms with van der Waals surface area (Å²) in [4.78, 5) is 4.96. The van der Waals surface area contributed by atoms with Crippen molar-refractivity contribution in [3.8, 4) is 5.75 Å². The van der Waals surface area contributed by atoms with Gasteiger partial charge >= 0.3 is 0 Å². The molecule has 0 aliphatic rings. The summed E-state index contributed by atoms with van der Waals surface area (Å²) in [5.74, 6) is 2.70. The number of rotatable bonds is 10. The van der Waals surface area contributed by atoms with Crippen LogP contribution < -0.4 is 4.74 Å². The monoisotopic (exact) mass is 426 g/mol. The molecule has 0 saturated carbocycles. The second-order valence-electron chi connectivity index (χ2n) is 8.71. The zero-order chi connectivity index (χ0) is 22.3. The van der Waals surface area contributed by atoms with Crippen molar-refractivity contribution < 1.29 is 4.74 Å². The predicted molar refractivity (Wildman–Crippen MR) is 134 cm³/mol. The van der Waals surface area contributed by atoms with Crippen molar-refractivity contribution in [2.45, 2.75) is 58.9 Å². The highest BCUT2D eigenvalue weighted by Crippen LogP contribution is 2.23. The number of aryl methyl sites for hydroxylation is 2. The Labute approximate surface area is 192 Å². The fraction of sp³-hybridized carbons (Fsp3) is 0.345. The molecule has 0 N–H and O–H groups in total. The third-order valence-electron chi connectivity index (χ3n) is 6.45. The lowest BCUT2D eigenvalue weighted by atomic mass is 9.99. The second kappa shape index (κ2) is 10.5. The minimum Gasteiger partial charge on any atom is -0.494 e. The summed E-state index contributed by atoms with van der Waals surface area (Å²) >= 11 is 0. The van der Waals surface area contributed by atoms with Gasteiger partial charge in [-0.1, -0.05) is 62.4 Å². The molecule has 3 heteroatoms. The minimum atomic E-state index is 0.600. The van der Waals surface area contributed by atoms with Gasteiger partial charge in [0.1, 0.15) is 11.6 Å². The van der Waals surface area contributed by atoms with E-state index in [-0.39, 0.29) is 0 Å². The molecule has 1 unspecified atom stereocenters. The zero-order valence-electron chi connectivity index (χ0n) is 19.6. The van der Waals surface area contributed by atoms with E-state index in [1.807, 2.05) is 0 Å². The van der Waals surface area contributed by atoms with E-state index in [2.05, 4.69) is 98.1 Å². The molecule has 1 heterocycles. The number of ether oxygens (including phenoxy) is 1. The molecule has 4 aromatic rings. The highest BCUT2D eigenvalue weighted by Gasteiger charge is 2.12. The number of nitrogens with zero attached hydrogens (tertiary/aromatic N) is 2. The predicted octanol–water partition coefficient (Wildman–Crippen LogP) is 7.31. The van der Waals surface area contributed by atoms with Crippen molar-refractivity contribution in [2.24, 2.45) is 0 Å². The second-order valence-corrected chi connectivity index (χ2v) is 8.71. The number of aromatic nitrogens is 2. The summed E-state index contributed by atoms with van der Waals surface area (Å²) in [5, 5.41) is 0. The van der Waals surface area contributed by atoms with Crippen LogP contribution in [0.2, 0.25) is 0 Å². The molecule has 0 saturated heterocycles. The first kappa shape index (κ1) is 22.1. The van der Waals surface area contributed by atoms with Gasteiger partial charge in [0.05, 0.1) is 17.6 Å². The van der Waals surface area contributed by atoms with Crippen LogP contribution in [0.5, 0.6) is 5.75 Å². The number of benzene rings is 3. The van der Waals surface area contributed by atoms with Gasteiger partial charge in [-0.3, -0.25) is 0 Å². The third-order valence-corrected chi connectivity index (χ3v) is 6.45. The molecule has 4 rings (SSSR count). The molecule has 3 aromatic carbocycles. The number of unbranched alkanes of at least 4 members (excludes halogenated alkanes) is 1. The molecule has 0 bridgehead atoms. The van der Waals surface area contributed by atoms with Gasteiger partial charge in [0.2, 0.25) is 0 Å². The van der Waals surface area contributed by atoms with E-state index in [0.717, 1.165) is 55.9 Å². The van der Waals surface area contributed by atoms with Crippen molar-refractivity contribution in [3.05, 3.63) is 95.3 Å². The maximum absolute atomic E-state index is 6.00. The molecule has 166 valence electrons. The van der Waals surface area contributed by atoms with E-state index >= 15 is 0 Å². The van der Waals surface area contributed by atoms with E-state index < -0.39 is 0 Å².